The van der Waals surface area contributed by atoms with E-state index in [4.69, 9.17) is 4.74 Å². The molecule has 0 aliphatic carbocycles. The summed E-state index contributed by atoms with van der Waals surface area (Å²) in [6.45, 7) is 7.35. The van der Waals surface area contributed by atoms with Crippen molar-refractivity contribution in [2.75, 3.05) is 6.54 Å². The standard InChI is InChI=1S/C44H42FN5O7/c1-24-18-28(45)19-25(2)39(24)57-36-15-13-27(44(3,4)56)20-30(36)33-22-49(5)42(54)31-21-34(47-38(31)33)40(52)46-17-8-6-7-10-26-11-9-12-29-32(26)23-50(43(29)55)35-14-16-37(51)48-41(35)53/h9,11-13,15,18-22,35,47,56H,6,8,14,16-17,23H2,1-5H3,(H,46,52)(H,48,51,53). The molecule has 2 aliphatic rings. The van der Waals surface area contributed by atoms with E-state index in [0.717, 1.165) is 5.56 Å². The quantitative estimate of drug-likeness (QED) is 0.0858. The Morgan fingerprint density at radius 1 is 1.04 bits per heavy atom. The van der Waals surface area contributed by atoms with Gasteiger partial charge in [-0.3, -0.25) is 29.3 Å². The predicted molar refractivity (Wildman–Crippen MR) is 211 cm³/mol. The third-order valence-electron chi connectivity index (χ3n) is 10.4. The molecule has 3 aromatic carbocycles. The summed E-state index contributed by atoms with van der Waals surface area (Å²) in [5.41, 5.74) is 3.84. The van der Waals surface area contributed by atoms with Gasteiger partial charge in [-0.15, -0.1) is 0 Å². The maximum Gasteiger partial charge on any atom is 0.267 e. The van der Waals surface area contributed by atoms with Crippen LogP contribution in [-0.4, -0.2) is 55.8 Å². The second-order valence-corrected chi connectivity index (χ2v) is 15.1. The summed E-state index contributed by atoms with van der Waals surface area (Å²) in [5, 5.41) is 16.4. The monoisotopic (exact) mass is 771 g/mol. The fraction of sp³-hybridized carbons (Fsp3) is 0.295. The highest BCUT2D eigenvalue weighted by atomic mass is 19.1. The third kappa shape index (κ3) is 7.68. The number of benzene rings is 3. The number of piperidine rings is 1. The van der Waals surface area contributed by atoms with Crippen LogP contribution in [0.15, 0.2) is 65.6 Å². The maximum absolute atomic E-state index is 14.1. The number of aromatic nitrogens is 2. The number of unbranched alkanes of at least 4 members (excludes halogenated alkanes) is 1. The number of ether oxygens (including phenoxy) is 1. The van der Waals surface area contributed by atoms with E-state index in [1.807, 2.05) is 6.07 Å². The molecular weight excluding hydrogens is 730 g/mol. The molecule has 4 heterocycles. The molecule has 12 nitrogen and oxygen atoms in total. The molecule has 5 aromatic rings. The number of H-pyrrole nitrogens is 1. The first-order chi connectivity index (χ1) is 27.1. The fourth-order valence-corrected chi connectivity index (χ4v) is 7.38. The summed E-state index contributed by atoms with van der Waals surface area (Å²) in [6, 6.07) is 14.1. The van der Waals surface area contributed by atoms with E-state index >= 15 is 0 Å². The molecule has 1 atom stereocenters. The van der Waals surface area contributed by atoms with Crippen molar-refractivity contribution in [2.24, 2.45) is 7.05 Å². The normalized spacial score (nSPS) is 15.3. The zero-order chi connectivity index (χ0) is 40.8. The Balaban J connectivity index is 1.08. The van der Waals surface area contributed by atoms with Crippen LogP contribution in [0.3, 0.4) is 0 Å². The minimum Gasteiger partial charge on any atom is -0.456 e. The first-order valence-corrected chi connectivity index (χ1v) is 18.7. The number of amides is 4. The van der Waals surface area contributed by atoms with Gasteiger partial charge in [0.1, 0.15) is 29.1 Å². The lowest BCUT2D eigenvalue weighted by Crippen LogP contribution is -2.52. The number of hydrogen-bond acceptors (Lipinski definition) is 7. The molecule has 2 aliphatic heterocycles. The molecule has 292 valence electrons. The molecule has 0 saturated carbocycles. The van der Waals surface area contributed by atoms with Gasteiger partial charge < -0.3 is 29.6 Å². The number of nitrogens with zero attached hydrogens (tertiary/aromatic N) is 2. The van der Waals surface area contributed by atoms with Crippen LogP contribution in [-0.2, 0) is 28.8 Å². The first-order valence-electron chi connectivity index (χ1n) is 18.7. The number of halogens is 1. The number of imide groups is 1. The van der Waals surface area contributed by atoms with Crippen molar-refractivity contribution in [3.05, 3.63) is 116 Å². The Kier molecular flexibility index (Phi) is 10.3. The molecule has 0 radical (unpaired) electrons. The average Bonchev–Trinajstić information content (AvgIpc) is 3.75. The SMILES string of the molecule is Cc1cc(F)cc(C)c1Oc1ccc(C(C)(C)O)cc1-c1cn(C)c(=O)c2cc(C(=O)NCCCC#Cc3cccc4c3CN(C3CCC(=O)NC3=O)C4=O)[nH]c12. The Morgan fingerprint density at radius 3 is 2.51 bits per heavy atom. The van der Waals surface area contributed by atoms with Crippen LogP contribution < -0.4 is 20.9 Å². The first kappa shape index (κ1) is 38.7. The highest BCUT2D eigenvalue weighted by Crippen LogP contribution is 2.41. The Hall–Kier alpha value is -6.52. The molecule has 0 spiro atoms. The van der Waals surface area contributed by atoms with Gasteiger partial charge in [-0.1, -0.05) is 24.0 Å². The molecule has 57 heavy (non-hydrogen) atoms. The average molecular weight is 772 g/mol. The summed E-state index contributed by atoms with van der Waals surface area (Å²) in [7, 11) is 1.61. The summed E-state index contributed by atoms with van der Waals surface area (Å²) < 4.78 is 22.0. The molecular formula is C44H42FN5O7. The number of rotatable bonds is 9. The molecule has 1 fully saturated rings. The lowest BCUT2D eigenvalue weighted by atomic mass is 9.93. The molecule has 2 aromatic heterocycles. The molecule has 4 N–H and O–H groups in total. The number of carbonyl (C=O) groups excluding carboxylic acids is 4. The lowest BCUT2D eigenvalue weighted by Gasteiger charge is -2.29. The van der Waals surface area contributed by atoms with Gasteiger partial charge in [0.2, 0.25) is 11.8 Å². The second kappa shape index (κ2) is 15.2. The number of pyridine rings is 1. The predicted octanol–water partition coefficient (Wildman–Crippen LogP) is 5.63. The number of aromatic amines is 1. The number of fused-ring (bicyclic) bond motifs is 2. The number of carbonyl (C=O) groups is 4. The number of nitrogens with one attached hydrogen (secondary N) is 3. The van der Waals surface area contributed by atoms with Gasteiger partial charge in [-0.25, -0.2) is 4.39 Å². The fourth-order valence-electron chi connectivity index (χ4n) is 7.38. The zero-order valence-electron chi connectivity index (χ0n) is 32.3. The van der Waals surface area contributed by atoms with Gasteiger partial charge in [0.25, 0.3) is 17.4 Å². The summed E-state index contributed by atoms with van der Waals surface area (Å²) in [4.78, 5) is 68.6. The van der Waals surface area contributed by atoms with Crippen molar-refractivity contribution >= 4 is 34.5 Å². The minimum absolute atomic E-state index is 0.174. The molecule has 1 saturated heterocycles. The van der Waals surface area contributed by atoms with Crippen LogP contribution in [0.25, 0.3) is 22.0 Å². The Bertz CT molecular complexity index is 2600. The Morgan fingerprint density at radius 2 is 1.79 bits per heavy atom. The van der Waals surface area contributed by atoms with Crippen LogP contribution in [0.4, 0.5) is 4.39 Å². The van der Waals surface area contributed by atoms with E-state index in [2.05, 4.69) is 27.5 Å². The topological polar surface area (TPSA) is 163 Å². The molecule has 7 rings (SSSR count). The van der Waals surface area contributed by atoms with Crippen molar-refractivity contribution < 1.29 is 33.4 Å². The highest BCUT2D eigenvalue weighted by Gasteiger charge is 2.39. The molecule has 0 bridgehead atoms. The van der Waals surface area contributed by atoms with Gasteiger partial charge in [-0.05, 0) is 105 Å². The van der Waals surface area contributed by atoms with Crippen molar-refractivity contribution in [1.29, 1.82) is 0 Å². The van der Waals surface area contributed by atoms with E-state index in [1.165, 1.54) is 27.7 Å². The van der Waals surface area contributed by atoms with Crippen molar-refractivity contribution in [2.45, 2.75) is 71.6 Å². The number of hydrogen-bond donors (Lipinski definition) is 4. The summed E-state index contributed by atoms with van der Waals surface area (Å²) in [6.07, 6.45) is 3.06. The van der Waals surface area contributed by atoms with E-state index in [-0.39, 0.29) is 53.7 Å². The van der Waals surface area contributed by atoms with Gasteiger partial charge in [-0.2, -0.15) is 0 Å². The molecule has 4 amide bonds. The van der Waals surface area contributed by atoms with E-state index in [1.54, 1.807) is 71.3 Å². The van der Waals surface area contributed by atoms with Crippen LogP contribution >= 0.6 is 0 Å². The van der Waals surface area contributed by atoms with Crippen LogP contribution in [0.5, 0.6) is 11.5 Å². The van der Waals surface area contributed by atoms with E-state index in [0.29, 0.717) is 75.3 Å². The van der Waals surface area contributed by atoms with Gasteiger partial charge in [0, 0.05) is 61.4 Å². The van der Waals surface area contributed by atoms with Gasteiger partial charge >= 0.3 is 0 Å². The van der Waals surface area contributed by atoms with Crippen LogP contribution in [0.2, 0.25) is 0 Å². The third-order valence-corrected chi connectivity index (χ3v) is 10.4. The summed E-state index contributed by atoms with van der Waals surface area (Å²) in [5.74, 6) is 5.27. The van der Waals surface area contributed by atoms with E-state index < -0.39 is 23.5 Å². The molecule has 13 heteroatoms. The van der Waals surface area contributed by atoms with E-state index in [9.17, 15) is 33.5 Å². The van der Waals surface area contributed by atoms with Gasteiger partial charge in [0.15, 0.2) is 0 Å². The minimum atomic E-state index is -1.21. The lowest BCUT2D eigenvalue weighted by molar-refractivity contribution is -0.136. The maximum atomic E-state index is 14.1. The number of aryl methyl sites for hydroxylation is 3. The van der Waals surface area contributed by atoms with Crippen molar-refractivity contribution in [3.63, 3.8) is 0 Å². The zero-order valence-corrected chi connectivity index (χ0v) is 32.3. The number of aliphatic hydroxyl groups is 1. The van der Waals surface area contributed by atoms with Crippen molar-refractivity contribution in [3.8, 4) is 34.5 Å². The highest BCUT2D eigenvalue weighted by molar-refractivity contribution is 6.06. The van der Waals surface area contributed by atoms with Crippen molar-refractivity contribution in [1.82, 2.24) is 25.1 Å². The second-order valence-electron chi connectivity index (χ2n) is 15.1. The van der Waals surface area contributed by atoms with Crippen LogP contribution in [0, 0.1) is 31.5 Å². The largest absolute Gasteiger partial charge is 0.456 e. The smallest absolute Gasteiger partial charge is 0.267 e. The summed E-state index contributed by atoms with van der Waals surface area (Å²) >= 11 is 0. The molecule has 1 unspecified atom stereocenters. The van der Waals surface area contributed by atoms with Crippen LogP contribution in [0.1, 0.15) is 88.2 Å². The van der Waals surface area contributed by atoms with Gasteiger partial charge in [0.05, 0.1) is 16.5 Å². The Labute approximate surface area is 328 Å².